The Bertz CT molecular complexity index is 560. The molecule has 1 heterocycles. The van der Waals surface area contributed by atoms with E-state index in [-0.39, 0.29) is 11.9 Å². The highest BCUT2D eigenvalue weighted by Crippen LogP contribution is 2.11. The third-order valence-corrected chi connectivity index (χ3v) is 5.07. The second kappa shape index (κ2) is 7.35. The molecule has 6 heteroatoms. The quantitative estimate of drug-likeness (QED) is 0.856. The molecule has 1 atom stereocenters. The minimum atomic E-state index is -3.29. The number of likely N-dealkylation sites (N-methyl/N-ethyl adjacent to an activating group) is 1. The van der Waals surface area contributed by atoms with Crippen LogP contribution in [0, 0.1) is 6.92 Å². The molecule has 1 aliphatic rings. The monoisotopic (exact) mass is 312 g/mol. The van der Waals surface area contributed by atoms with Gasteiger partial charge in [0.15, 0.2) is 0 Å². The molecule has 118 valence electrons. The first kappa shape index (κ1) is 16.4. The predicted molar refractivity (Wildman–Crippen MR) is 83.7 cm³/mol. The van der Waals surface area contributed by atoms with E-state index in [9.17, 15) is 8.42 Å². The van der Waals surface area contributed by atoms with Crippen molar-refractivity contribution in [2.24, 2.45) is 0 Å². The Morgan fingerprint density at radius 2 is 2.14 bits per heavy atom. The van der Waals surface area contributed by atoms with E-state index in [2.05, 4.69) is 16.7 Å². The summed E-state index contributed by atoms with van der Waals surface area (Å²) in [5, 5.41) is 0. The SMILES string of the molecule is Cc1ccccc1CS(=O)(=O)NCCC1CN(C)CCO1. The molecule has 21 heavy (non-hydrogen) atoms. The van der Waals surface area contributed by atoms with Gasteiger partial charge in [-0.05, 0) is 31.5 Å². The zero-order chi connectivity index (χ0) is 15.3. The lowest BCUT2D eigenvalue weighted by molar-refractivity contribution is -0.0222. The summed E-state index contributed by atoms with van der Waals surface area (Å²) in [6, 6.07) is 7.56. The molecule has 0 saturated carbocycles. The van der Waals surface area contributed by atoms with Crippen LogP contribution in [0.15, 0.2) is 24.3 Å². The molecule has 0 bridgehead atoms. The Balaban J connectivity index is 1.80. The number of hydrogen-bond acceptors (Lipinski definition) is 4. The molecule has 1 saturated heterocycles. The average Bonchev–Trinajstić information content (AvgIpc) is 2.41. The number of morpholine rings is 1. The maximum absolute atomic E-state index is 12.1. The number of ether oxygens (including phenoxy) is 1. The summed E-state index contributed by atoms with van der Waals surface area (Å²) < 4.78 is 32.5. The molecule has 1 aromatic carbocycles. The van der Waals surface area contributed by atoms with Crippen LogP contribution in [0.3, 0.4) is 0 Å². The number of rotatable bonds is 6. The molecule has 0 radical (unpaired) electrons. The Labute approximate surface area is 127 Å². The Morgan fingerprint density at radius 3 is 2.86 bits per heavy atom. The van der Waals surface area contributed by atoms with Gasteiger partial charge in [-0.1, -0.05) is 24.3 Å². The van der Waals surface area contributed by atoms with Gasteiger partial charge in [-0.3, -0.25) is 0 Å². The zero-order valence-electron chi connectivity index (χ0n) is 12.7. The molecule has 0 spiro atoms. The van der Waals surface area contributed by atoms with E-state index in [1.807, 2.05) is 31.2 Å². The first-order valence-corrected chi connectivity index (χ1v) is 8.93. The summed E-state index contributed by atoms with van der Waals surface area (Å²) >= 11 is 0. The Kier molecular flexibility index (Phi) is 5.75. The molecule has 0 amide bonds. The average molecular weight is 312 g/mol. The van der Waals surface area contributed by atoms with E-state index in [4.69, 9.17) is 4.74 Å². The van der Waals surface area contributed by atoms with Crippen LogP contribution in [-0.4, -0.2) is 52.7 Å². The van der Waals surface area contributed by atoms with Gasteiger partial charge in [0.2, 0.25) is 10.0 Å². The van der Waals surface area contributed by atoms with Crippen molar-refractivity contribution in [3.8, 4) is 0 Å². The van der Waals surface area contributed by atoms with Crippen molar-refractivity contribution in [3.63, 3.8) is 0 Å². The molecule has 2 rings (SSSR count). The Morgan fingerprint density at radius 1 is 1.38 bits per heavy atom. The van der Waals surface area contributed by atoms with E-state index in [1.165, 1.54) is 0 Å². The van der Waals surface area contributed by atoms with E-state index in [0.29, 0.717) is 13.0 Å². The lowest BCUT2D eigenvalue weighted by Crippen LogP contribution is -2.41. The van der Waals surface area contributed by atoms with Gasteiger partial charge in [-0.2, -0.15) is 0 Å². The van der Waals surface area contributed by atoms with E-state index >= 15 is 0 Å². The van der Waals surface area contributed by atoms with Crippen molar-refractivity contribution in [2.75, 3.05) is 33.3 Å². The van der Waals surface area contributed by atoms with Crippen LogP contribution < -0.4 is 4.72 Å². The van der Waals surface area contributed by atoms with Gasteiger partial charge in [0.25, 0.3) is 0 Å². The third kappa shape index (κ3) is 5.39. The van der Waals surface area contributed by atoms with Crippen LogP contribution in [0.4, 0.5) is 0 Å². The van der Waals surface area contributed by atoms with Gasteiger partial charge in [0.05, 0.1) is 18.5 Å². The van der Waals surface area contributed by atoms with Crippen molar-refractivity contribution in [1.29, 1.82) is 0 Å². The maximum Gasteiger partial charge on any atom is 0.215 e. The molecule has 5 nitrogen and oxygen atoms in total. The normalized spacial score (nSPS) is 20.6. The van der Waals surface area contributed by atoms with Crippen LogP contribution in [0.2, 0.25) is 0 Å². The summed E-state index contributed by atoms with van der Waals surface area (Å²) in [5.41, 5.74) is 1.85. The fraction of sp³-hybridized carbons (Fsp3) is 0.600. The molecular weight excluding hydrogens is 288 g/mol. The summed E-state index contributed by atoms with van der Waals surface area (Å²) in [7, 11) is -1.24. The second-order valence-electron chi connectivity index (χ2n) is 5.62. The van der Waals surface area contributed by atoms with Crippen LogP contribution in [-0.2, 0) is 20.5 Å². The minimum Gasteiger partial charge on any atom is -0.376 e. The predicted octanol–water partition coefficient (Wildman–Crippen LogP) is 1.14. The molecule has 1 unspecified atom stereocenters. The number of nitrogens with zero attached hydrogens (tertiary/aromatic N) is 1. The highest BCUT2D eigenvalue weighted by atomic mass is 32.2. The van der Waals surface area contributed by atoms with Crippen molar-refractivity contribution in [2.45, 2.75) is 25.2 Å². The first-order valence-electron chi connectivity index (χ1n) is 7.28. The van der Waals surface area contributed by atoms with Crippen molar-refractivity contribution in [1.82, 2.24) is 9.62 Å². The van der Waals surface area contributed by atoms with Crippen LogP contribution >= 0.6 is 0 Å². The highest BCUT2D eigenvalue weighted by molar-refractivity contribution is 7.88. The molecule has 0 aromatic heterocycles. The third-order valence-electron chi connectivity index (χ3n) is 3.74. The smallest absolute Gasteiger partial charge is 0.215 e. The maximum atomic E-state index is 12.1. The van der Waals surface area contributed by atoms with Crippen molar-refractivity contribution >= 4 is 10.0 Å². The van der Waals surface area contributed by atoms with E-state index in [1.54, 1.807) is 0 Å². The van der Waals surface area contributed by atoms with Gasteiger partial charge >= 0.3 is 0 Å². The van der Waals surface area contributed by atoms with Crippen molar-refractivity contribution < 1.29 is 13.2 Å². The van der Waals surface area contributed by atoms with Gasteiger partial charge in [0, 0.05) is 19.6 Å². The fourth-order valence-corrected chi connectivity index (χ4v) is 3.71. The van der Waals surface area contributed by atoms with Gasteiger partial charge in [-0.15, -0.1) is 0 Å². The largest absolute Gasteiger partial charge is 0.376 e. The number of nitrogens with one attached hydrogen (secondary N) is 1. The van der Waals surface area contributed by atoms with Gasteiger partial charge < -0.3 is 9.64 Å². The molecule has 1 N–H and O–H groups in total. The summed E-state index contributed by atoms with van der Waals surface area (Å²) in [6.07, 6.45) is 0.821. The highest BCUT2D eigenvalue weighted by Gasteiger charge is 2.19. The number of hydrogen-bond donors (Lipinski definition) is 1. The van der Waals surface area contributed by atoms with Gasteiger partial charge in [-0.25, -0.2) is 13.1 Å². The minimum absolute atomic E-state index is 0.0328. The lowest BCUT2D eigenvalue weighted by atomic mass is 10.1. The fourth-order valence-electron chi connectivity index (χ4n) is 2.44. The topological polar surface area (TPSA) is 58.6 Å². The molecular formula is C15H24N2O3S. The molecule has 1 aliphatic heterocycles. The standard InChI is InChI=1S/C15H24N2O3S/c1-13-5-3-4-6-14(13)12-21(18,19)16-8-7-15-11-17(2)9-10-20-15/h3-6,15-16H,7-12H2,1-2H3. The lowest BCUT2D eigenvalue weighted by Gasteiger charge is -2.30. The van der Waals surface area contributed by atoms with Crippen LogP contribution in [0.1, 0.15) is 17.5 Å². The number of aryl methyl sites for hydroxylation is 1. The summed E-state index contributed by atoms with van der Waals surface area (Å²) in [6.45, 7) is 4.87. The summed E-state index contributed by atoms with van der Waals surface area (Å²) in [5.74, 6) is 0.0328. The van der Waals surface area contributed by atoms with Crippen LogP contribution in [0.5, 0.6) is 0 Å². The Hall–Kier alpha value is -0.950. The second-order valence-corrected chi connectivity index (χ2v) is 7.43. The molecule has 1 aromatic rings. The zero-order valence-corrected chi connectivity index (χ0v) is 13.5. The van der Waals surface area contributed by atoms with Crippen molar-refractivity contribution in [3.05, 3.63) is 35.4 Å². The summed E-state index contributed by atoms with van der Waals surface area (Å²) in [4.78, 5) is 2.20. The van der Waals surface area contributed by atoms with Gasteiger partial charge in [0.1, 0.15) is 0 Å². The number of benzene rings is 1. The molecule has 0 aliphatic carbocycles. The van der Waals surface area contributed by atoms with Crippen LogP contribution in [0.25, 0.3) is 0 Å². The van der Waals surface area contributed by atoms with E-state index < -0.39 is 10.0 Å². The molecule has 1 fully saturated rings. The first-order chi connectivity index (χ1) is 9.96. The number of sulfonamides is 1. The van der Waals surface area contributed by atoms with E-state index in [0.717, 1.165) is 30.8 Å².